The van der Waals surface area contributed by atoms with Gasteiger partial charge in [-0.2, -0.15) is 0 Å². The zero-order valence-electron chi connectivity index (χ0n) is 11.5. The summed E-state index contributed by atoms with van der Waals surface area (Å²) in [6.45, 7) is 7.19. The van der Waals surface area contributed by atoms with Crippen LogP contribution in [-0.2, 0) is 0 Å². The van der Waals surface area contributed by atoms with Gasteiger partial charge in [-0.3, -0.25) is 10.7 Å². The maximum atomic E-state index is 13.5. The number of anilines is 1. The molecule has 5 nitrogen and oxygen atoms in total. The Kier molecular flexibility index (Phi) is 4.47. The highest BCUT2D eigenvalue weighted by Gasteiger charge is 2.15. The number of aryl methyl sites for hydroxylation is 1. The van der Waals surface area contributed by atoms with Crippen LogP contribution >= 0.6 is 0 Å². The second-order valence-electron chi connectivity index (χ2n) is 5.26. The van der Waals surface area contributed by atoms with Crippen molar-refractivity contribution < 1.29 is 9.18 Å². The Morgan fingerprint density at radius 1 is 1.32 bits per heavy atom. The molecule has 0 aliphatic carbocycles. The second kappa shape index (κ2) is 5.69. The molecule has 0 radical (unpaired) electrons. The SMILES string of the molecule is Cc1cccc(F)c1NC(=N)NC(=O)NC(C)(C)C. The van der Waals surface area contributed by atoms with E-state index in [0.717, 1.165) is 0 Å². The van der Waals surface area contributed by atoms with Crippen LogP contribution in [0.15, 0.2) is 18.2 Å². The number of carbonyl (C=O) groups is 1. The summed E-state index contributed by atoms with van der Waals surface area (Å²) in [5, 5.41) is 15.1. The van der Waals surface area contributed by atoms with Crippen LogP contribution in [0, 0.1) is 18.2 Å². The number of rotatable bonds is 1. The van der Waals surface area contributed by atoms with Gasteiger partial charge in [-0.05, 0) is 39.3 Å². The van der Waals surface area contributed by atoms with Gasteiger partial charge in [0.25, 0.3) is 0 Å². The van der Waals surface area contributed by atoms with Crippen LogP contribution < -0.4 is 16.0 Å². The lowest BCUT2D eigenvalue weighted by Gasteiger charge is -2.21. The van der Waals surface area contributed by atoms with Crippen LogP contribution in [0.25, 0.3) is 0 Å². The number of hydrogen-bond donors (Lipinski definition) is 4. The maximum absolute atomic E-state index is 13.5. The topological polar surface area (TPSA) is 77.0 Å². The lowest BCUT2D eigenvalue weighted by Crippen LogP contribution is -2.49. The fourth-order valence-electron chi connectivity index (χ4n) is 1.43. The van der Waals surface area contributed by atoms with Crippen molar-refractivity contribution in [3.8, 4) is 0 Å². The Morgan fingerprint density at radius 3 is 2.47 bits per heavy atom. The molecule has 0 heterocycles. The van der Waals surface area contributed by atoms with Gasteiger partial charge in [0.15, 0.2) is 0 Å². The number of halogens is 1. The Bertz CT molecular complexity index is 474. The summed E-state index contributed by atoms with van der Waals surface area (Å²) in [5.74, 6) is -0.752. The number of hydrogen-bond acceptors (Lipinski definition) is 2. The molecule has 0 bridgehead atoms. The number of nitrogens with one attached hydrogen (secondary N) is 4. The van der Waals surface area contributed by atoms with Crippen molar-refractivity contribution in [2.24, 2.45) is 0 Å². The molecule has 6 heteroatoms. The number of para-hydroxylation sites is 1. The van der Waals surface area contributed by atoms with Gasteiger partial charge in [0.1, 0.15) is 5.82 Å². The lowest BCUT2D eigenvalue weighted by molar-refractivity contribution is 0.236. The summed E-state index contributed by atoms with van der Waals surface area (Å²) in [6, 6.07) is 4.07. The summed E-state index contributed by atoms with van der Waals surface area (Å²) in [7, 11) is 0. The molecule has 104 valence electrons. The van der Waals surface area contributed by atoms with Crippen LogP contribution in [0.1, 0.15) is 26.3 Å². The standard InChI is InChI=1S/C13H19FN4O/c1-8-6-5-7-9(14)10(8)16-11(15)17-12(19)18-13(2,3)4/h5-7H,1-4H3,(H4,15,16,17,18,19). The first-order valence-electron chi connectivity index (χ1n) is 5.89. The molecule has 4 N–H and O–H groups in total. The van der Waals surface area contributed by atoms with Crippen molar-refractivity contribution in [3.63, 3.8) is 0 Å². The second-order valence-corrected chi connectivity index (χ2v) is 5.26. The minimum Gasteiger partial charge on any atom is -0.333 e. The maximum Gasteiger partial charge on any atom is 0.321 e. The van der Waals surface area contributed by atoms with Crippen LogP contribution in [0.4, 0.5) is 14.9 Å². The van der Waals surface area contributed by atoms with Crippen molar-refractivity contribution in [2.45, 2.75) is 33.2 Å². The quantitative estimate of drug-likeness (QED) is 0.466. The summed E-state index contributed by atoms with van der Waals surface area (Å²) in [6.07, 6.45) is 0. The van der Waals surface area contributed by atoms with E-state index in [9.17, 15) is 9.18 Å². The van der Waals surface area contributed by atoms with Crippen molar-refractivity contribution >= 4 is 17.7 Å². The third-order valence-electron chi connectivity index (χ3n) is 2.20. The van der Waals surface area contributed by atoms with Crippen molar-refractivity contribution in [1.82, 2.24) is 10.6 Å². The Balaban J connectivity index is 2.64. The summed E-state index contributed by atoms with van der Waals surface area (Å²) in [5.41, 5.74) is 0.435. The molecule has 0 saturated heterocycles. The number of amides is 2. The van der Waals surface area contributed by atoms with E-state index in [0.29, 0.717) is 5.56 Å². The molecule has 19 heavy (non-hydrogen) atoms. The molecule has 0 unspecified atom stereocenters. The zero-order chi connectivity index (χ0) is 14.6. The minimum atomic E-state index is -0.515. The van der Waals surface area contributed by atoms with E-state index < -0.39 is 17.4 Å². The third kappa shape index (κ3) is 4.95. The van der Waals surface area contributed by atoms with Crippen LogP contribution in [0.3, 0.4) is 0 Å². The highest BCUT2D eigenvalue weighted by Crippen LogP contribution is 2.18. The molecule has 1 aromatic rings. The smallest absolute Gasteiger partial charge is 0.321 e. The van der Waals surface area contributed by atoms with E-state index in [2.05, 4.69) is 16.0 Å². The first-order valence-corrected chi connectivity index (χ1v) is 5.89. The highest BCUT2D eigenvalue weighted by atomic mass is 19.1. The first-order chi connectivity index (χ1) is 8.69. The molecule has 0 aliphatic rings. The third-order valence-corrected chi connectivity index (χ3v) is 2.20. The zero-order valence-corrected chi connectivity index (χ0v) is 11.5. The van der Waals surface area contributed by atoms with Gasteiger partial charge in [-0.15, -0.1) is 0 Å². The summed E-state index contributed by atoms with van der Waals surface area (Å²) < 4.78 is 13.5. The average molecular weight is 266 g/mol. The predicted octanol–water partition coefficient (Wildman–Crippen LogP) is 2.58. The fraction of sp³-hybridized carbons (Fsp3) is 0.385. The first kappa shape index (κ1) is 14.9. The Hall–Kier alpha value is -2.11. The molecule has 0 spiro atoms. The largest absolute Gasteiger partial charge is 0.333 e. The molecule has 1 aromatic carbocycles. The van der Waals surface area contributed by atoms with E-state index in [-0.39, 0.29) is 11.6 Å². The number of benzene rings is 1. The van der Waals surface area contributed by atoms with Crippen LogP contribution in [0.5, 0.6) is 0 Å². The van der Waals surface area contributed by atoms with E-state index in [4.69, 9.17) is 5.41 Å². The van der Waals surface area contributed by atoms with Crippen molar-refractivity contribution in [3.05, 3.63) is 29.6 Å². The van der Waals surface area contributed by atoms with Gasteiger partial charge < -0.3 is 10.6 Å². The normalized spacial score (nSPS) is 10.8. The molecular weight excluding hydrogens is 247 g/mol. The van der Waals surface area contributed by atoms with Gasteiger partial charge in [-0.25, -0.2) is 9.18 Å². The van der Waals surface area contributed by atoms with Gasteiger partial charge in [0, 0.05) is 5.54 Å². The molecule has 1 rings (SSSR count). The number of urea groups is 1. The number of carbonyl (C=O) groups excluding carboxylic acids is 1. The van der Waals surface area contributed by atoms with Crippen LogP contribution in [0.2, 0.25) is 0 Å². The predicted molar refractivity (Wildman–Crippen MR) is 73.9 cm³/mol. The van der Waals surface area contributed by atoms with E-state index in [1.54, 1.807) is 19.1 Å². The van der Waals surface area contributed by atoms with Crippen molar-refractivity contribution in [1.29, 1.82) is 5.41 Å². The molecule has 0 saturated carbocycles. The van der Waals surface area contributed by atoms with Gasteiger partial charge in [0.2, 0.25) is 5.96 Å². The van der Waals surface area contributed by atoms with E-state index in [1.165, 1.54) is 6.07 Å². The molecule has 2 amide bonds. The number of guanidine groups is 1. The summed E-state index contributed by atoms with van der Waals surface area (Å²) in [4.78, 5) is 11.5. The van der Waals surface area contributed by atoms with Gasteiger partial charge >= 0.3 is 6.03 Å². The highest BCUT2D eigenvalue weighted by molar-refractivity contribution is 6.02. The minimum absolute atomic E-state index is 0.184. The van der Waals surface area contributed by atoms with Gasteiger partial charge in [-0.1, -0.05) is 12.1 Å². The Morgan fingerprint density at radius 2 is 1.95 bits per heavy atom. The lowest BCUT2D eigenvalue weighted by atomic mass is 10.1. The fourth-order valence-corrected chi connectivity index (χ4v) is 1.43. The molecule has 0 aliphatic heterocycles. The van der Waals surface area contributed by atoms with E-state index in [1.807, 2.05) is 20.8 Å². The summed E-state index contributed by atoms with van der Waals surface area (Å²) >= 11 is 0. The average Bonchev–Trinajstić information content (AvgIpc) is 2.20. The molecule has 0 fully saturated rings. The Labute approximate surface area is 112 Å². The van der Waals surface area contributed by atoms with Crippen LogP contribution in [-0.4, -0.2) is 17.5 Å². The monoisotopic (exact) mass is 266 g/mol. The van der Waals surface area contributed by atoms with Crippen molar-refractivity contribution in [2.75, 3.05) is 5.32 Å². The molecule has 0 atom stereocenters. The van der Waals surface area contributed by atoms with Gasteiger partial charge in [0.05, 0.1) is 5.69 Å². The van der Waals surface area contributed by atoms with E-state index >= 15 is 0 Å². The molecule has 0 aromatic heterocycles. The molecular formula is C13H19FN4O.